The van der Waals surface area contributed by atoms with Gasteiger partial charge in [-0.3, -0.25) is 9.59 Å². The molecule has 1 atom stereocenters. The standard InChI is InChI=1S/C22H26Cl2N2O4/c1-4-18(22(28)25-5-2)26(13-15-10-11-16(23)17(24)12-15)21(27)14-30-20-9-7-6-8-19(20)29-3/h6-12,18H,4-5,13-14H2,1-3H3,(H,25,28)/t18-/m1/s1. The lowest BCUT2D eigenvalue weighted by Crippen LogP contribution is -2.50. The van der Waals surface area contributed by atoms with Gasteiger partial charge in [0.2, 0.25) is 5.91 Å². The Morgan fingerprint density at radius 3 is 2.37 bits per heavy atom. The highest BCUT2D eigenvalue weighted by Gasteiger charge is 2.29. The molecule has 1 N–H and O–H groups in total. The molecular formula is C22H26Cl2N2O4. The van der Waals surface area contributed by atoms with Gasteiger partial charge >= 0.3 is 0 Å². The number of methoxy groups -OCH3 is 1. The van der Waals surface area contributed by atoms with E-state index in [1.165, 1.54) is 12.0 Å². The number of likely N-dealkylation sites (N-methyl/N-ethyl adjacent to an activating group) is 1. The van der Waals surface area contributed by atoms with Crippen molar-refractivity contribution in [2.24, 2.45) is 0 Å². The van der Waals surface area contributed by atoms with Crippen LogP contribution in [0.4, 0.5) is 0 Å². The molecule has 8 heteroatoms. The topological polar surface area (TPSA) is 67.9 Å². The summed E-state index contributed by atoms with van der Waals surface area (Å²) >= 11 is 12.1. The number of ether oxygens (including phenoxy) is 2. The van der Waals surface area contributed by atoms with Crippen molar-refractivity contribution < 1.29 is 19.1 Å². The molecule has 0 aromatic heterocycles. The van der Waals surface area contributed by atoms with E-state index >= 15 is 0 Å². The van der Waals surface area contributed by atoms with Gasteiger partial charge in [-0.1, -0.05) is 48.3 Å². The van der Waals surface area contributed by atoms with Gasteiger partial charge in [-0.2, -0.15) is 0 Å². The van der Waals surface area contributed by atoms with Gasteiger partial charge in [0.15, 0.2) is 18.1 Å². The molecule has 6 nitrogen and oxygen atoms in total. The van der Waals surface area contributed by atoms with Crippen LogP contribution >= 0.6 is 23.2 Å². The van der Waals surface area contributed by atoms with Crippen molar-refractivity contribution in [1.82, 2.24) is 10.2 Å². The van der Waals surface area contributed by atoms with Gasteiger partial charge in [0.1, 0.15) is 6.04 Å². The van der Waals surface area contributed by atoms with E-state index in [0.717, 1.165) is 5.56 Å². The maximum absolute atomic E-state index is 13.1. The van der Waals surface area contributed by atoms with Crippen LogP contribution in [0.2, 0.25) is 10.0 Å². The molecule has 162 valence electrons. The highest BCUT2D eigenvalue weighted by atomic mass is 35.5. The minimum atomic E-state index is -0.645. The first-order valence-corrected chi connectivity index (χ1v) is 10.4. The number of hydrogen-bond donors (Lipinski definition) is 1. The lowest BCUT2D eigenvalue weighted by molar-refractivity contribution is -0.142. The smallest absolute Gasteiger partial charge is 0.261 e. The van der Waals surface area contributed by atoms with Gasteiger partial charge in [0.25, 0.3) is 5.91 Å². The zero-order valence-corrected chi connectivity index (χ0v) is 18.8. The van der Waals surface area contributed by atoms with Gasteiger partial charge in [0, 0.05) is 13.1 Å². The maximum Gasteiger partial charge on any atom is 0.261 e. The molecule has 0 saturated carbocycles. The number of benzene rings is 2. The number of para-hydroxylation sites is 2. The predicted octanol–water partition coefficient (Wildman–Crippen LogP) is 4.32. The van der Waals surface area contributed by atoms with Crippen LogP contribution in [-0.4, -0.2) is 43.0 Å². The molecule has 0 fully saturated rings. The number of nitrogens with zero attached hydrogens (tertiary/aromatic N) is 1. The maximum atomic E-state index is 13.1. The normalized spacial score (nSPS) is 11.5. The number of amides is 2. The molecule has 0 spiro atoms. The SMILES string of the molecule is CCNC(=O)[C@@H](CC)N(Cc1ccc(Cl)c(Cl)c1)C(=O)COc1ccccc1OC. The van der Waals surface area contributed by atoms with Crippen LogP contribution in [0, 0.1) is 0 Å². The molecule has 0 radical (unpaired) electrons. The average Bonchev–Trinajstić information content (AvgIpc) is 2.74. The predicted molar refractivity (Wildman–Crippen MR) is 118 cm³/mol. The number of rotatable bonds is 10. The summed E-state index contributed by atoms with van der Waals surface area (Å²) in [5, 5.41) is 3.60. The Labute approximate surface area is 187 Å². The summed E-state index contributed by atoms with van der Waals surface area (Å²) in [6, 6.07) is 11.6. The number of nitrogens with one attached hydrogen (secondary N) is 1. The summed E-state index contributed by atoms with van der Waals surface area (Å²) in [5.41, 5.74) is 0.762. The van der Waals surface area contributed by atoms with Crippen LogP contribution in [0.15, 0.2) is 42.5 Å². The van der Waals surface area contributed by atoms with Gasteiger partial charge < -0.3 is 19.7 Å². The Balaban J connectivity index is 2.25. The van der Waals surface area contributed by atoms with Gasteiger partial charge in [-0.15, -0.1) is 0 Å². The second-order valence-electron chi connectivity index (χ2n) is 6.53. The van der Waals surface area contributed by atoms with E-state index in [1.54, 1.807) is 36.4 Å². The fourth-order valence-corrected chi connectivity index (χ4v) is 3.33. The molecular weight excluding hydrogens is 427 g/mol. The molecule has 0 aliphatic carbocycles. The van der Waals surface area contributed by atoms with Crippen molar-refractivity contribution in [2.75, 3.05) is 20.3 Å². The van der Waals surface area contributed by atoms with Gasteiger partial charge in [0.05, 0.1) is 17.2 Å². The monoisotopic (exact) mass is 452 g/mol. The summed E-state index contributed by atoms with van der Waals surface area (Å²) < 4.78 is 10.9. The zero-order valence-electron chi connectivity index (χ0n) is 17.3. The minimum Gasteiger partial charge on any atom is -0.493 e. The lowest BCUT2D eigenvalue weighted by Gasteiger charge is -2.30. The summed E-state index contributed by atoms with van der Waals surface area (Å²) in [7, 11) is 1.53. The van der Waals surface area contributed by atoms with E-state index in [4.69, 9.17) is 32.7 Å². The fourth-order valence-electron chi connectivity index (χ4n) is 3.01. The molecule has 30 heavy (non-hydrogen) atoms. The highest BCUT2D eigenvalue weighted by Crippen LogP contribution is 2.26. The summed E-state index contributed by atoms with van der Waals surface area (Å²) in [6.07, 6.45) is 0.452. The minimum absolute atomic E-state index is 0.195. The van der Waals surface area contributed by atoms with E-state index in [-0.39, 0.29) is 25.0 Å². The second kappa shape index (κ2) is 11.7. The number of carbonyl (C=O) groups is 2. The van der Waals surface area contributed by atoms with Crippen molar-refractivity contribution in [3.63, 3.8) is 0 Å². The molecule has 0 aliphatic rings. The van der Waals surface area contributed by atoms with Crippen LogP contribution in [0.5, 0.6) is 11.5 Å². The van der Waals surface area contributed by atoms with E-state index < -0.39 is 6.04 Å². The first kappa shape index (κ1) is 23.8. The molecule has 0 aliphatic heterocycles. The Morgan fingerprint density at radius 1 is 1.07 bits per heavy atom. The molecule has 2 amide bonds. The van der Waals surface area contributed by atoms with Crippen LogP contribution < -0.4 is 14.8 Å². The first-order valence-electron chi connectivity index (χ1n) is 9.68. The van der Waals surface area contributed by atoms with Gasteiger partial charge in [-0.25, -0.2) is 0 Å². The zero-order chi connectivity index (χ0) is 22.1. The molecule has 0 unspecified atom stereocenters. The average molecular weight is 453 g/mol. The number of carbonyl (C=O) groups excluding carboxylic acids is 2. The van der Waals surface area contributed by atoms with Crippen LogP contribution in [-0.2, 0) is 16.1 Å². The Bertz CT molecular complexity index is 876. The van der Waals surface area contributed by atoms with Crippen LogP contribution in [0.25, 0.3) is 0 Å². The molecule has 2 rings (SSSR count). The Morgan fingerprint density at radius 2 is 1.77 bits per heavy atom. The lowest BCUT2D eigenvalue weighted by atomic mass is 10.1. The Hall–Kier alpha value is -2.44. The van der Waals surface area contributed by atoms with Crippen molar-refractivity contribution in [3.05, 3.63) is 58.1 Å². The fraction of sp³-hybridized carbons (Fsp3) is 0.364. The molecule has 0 saturated heterocycles. The van der Waals surface area contributed by atoms with Crippen molar-refractivity contribution in [2.45, 2.75) is 32.9 Å². The van der Waals surface area contributed by atoms with Crippen LogP contribution in [0.1, 0.15) is 25.8 Å². The number of halogens is 2. The van der Waals surface area contributed by atoms with E-state index in [1.807, 2.05) is 19.9 Å². The summed E-state index contributed by atoms with van der Waals surface area (Å²) in [5.74, 6) is 0.432. The summed E-state index contributed by atoms with van der Waals surface area (Å²) in [4.78, 5) is 27.2. The third-order valence-corrected chi connectivity index (χ3v) is 5.23. The highest BCUT2D eigenvalue weighted by molar-refractivity contribution is 6.42. The molecule has 0 heterocycles. The third-order valence-electron chi connectivity index (χ3n) is 4.49. The number of hydrogen-bond acceptors (Lipinski definition) is 4. The van der Waals surface area contributed by atoms with Gasteiger partial charge in [-0.05, 0) is 43.2 Å². The van der Waals surface area contributed by atoms with Crippen molar-refractivity contribution in [1.29, 1.82) is 0 Å². The Kier molecular flexibility index (Phi) is 9.27. The van der Waals surface area contributed by atoms with E-state index in [2.05, 4.69) is 5.32 Å². The van der Waals surface area contributed by atoms with E-state index in [9.17, 15) is 9.59 Å². The molecule has 2 aromatic carbocycles. The third kappa shape index (κ3) is 6.28. The van der Waals surface area contributed by atoms with Crippen molar-refractivity contribution >= 4 is 35.0 Å². The largest absolute Gasteiger partial charge is 0.493 e. The molecule has 0 bridgehead atoms. The first-order chi connectivity index (χ1) is 14.4. The summed E-state index contributed by atoms with van der Waals surface area (Å²) in [6.45, 7) is 4.12. The second-order valence-corrected chi connectivity index (χ2v) is 7.34. The molecule has 2 aromatic rings. The van der Waals surface area contributed by atoms with E-state index in [0.29, 0.717) is 34.5 Å². The van der Waals surface area contributed by atoms with Crippen molar-refractivity contribution in [3.8, 4) is 11.5 Å². The quantitative estimate of drug-likeness (QED) is 0.582. The van der Waals surface area contributed by atoms with Crippen LogP contribution in [0.3, 0.4) is 0 Å².